The Hall–Kier alpha value is -1.59. The van der Waals surface area contributed by atoms with Gasteiger partial charge >= 0.3 is 0 Å². The Morgan fingerprint density at radius 3 is 2.78 bits per heavy atom. The third-order valence-corrected chi connectivity index (χ3v) is 4.06. The number of benzene rings is 1. The van der Waals surface area contributed by atoms with E-state index in [0.29, 0.717) is 15.6 Å². The highest BCUT2D eigenvalue weighted by molar-refractivity contribution is 7.13. The molecule has 0 unspecified atom stereocenters. The molecule has 3 nitrogen and oxygen atoms in total. The van der Waals surface area contributed by atoms with Crippen molar-refractivity contribution >= 4 is 40.2 Å². The number of carbonyl (C=O) groups is 1. The normalized spacial score (nSPS) is 10.4. The first kappa shape index (κ1) is 12.9. The topological polar surface area (TPSA) is 55.1 Å². The van der Waals surface area contributed by atoms with Gasteiger partial charge in [-0.2, -0.15) is 0 Å². The molecule has 6 heteroatoms. The highest BCUT2D eigenvalue weighted by Crippen LogP contribution is 2.28. The Morgan fingerprint density at radius 1 is 1.50 bits per heavy atom. The molecule has 0 saturated carbocycles. The molecule has 1 heterocycles. The Balaban J connectivity index is 2.24. The van der Waals surface area contributed by atoms with E-state index in [1.807, 2.05) is 6.92 Å². The second kappa shape index (κ2) is 4.96. The summed E-state index contributed by atoms with van der Waals surface area (Å²) in [4.78, 5) is 12.4. The molecule has 1 amide bonds. The van der Waals surface area contributed by atoms with Crippen molar-refractivity contribution in [2.75, 3.05) is 11.1 Å². The van der Waals surface area contributed by atoms with Gasteiger partial charge in [-0.25, -0.2) is 4.39 Å². The molecule has 0 atom stereocenters. The molecule has 0 aliphatic rings. The first-order valence-corrected chi connectivity index (χ1v) is 6.34. The zero-order chi connectivity index (χ0) is 13.3. The number of rotatable bonds is 2. The molecule has 0 radical (unpaired) electrons. The molecule has 2 rings (SSSR count). The number of aryl methyl sites for hydroxylation is 1. The maximum Gasteiger partial charge on any atom is 0.267 e. The van der Waals surface area contributed by atoms with Gasteiger partial charge in [0.2, 0.25) is 0 Å². The van der Waals surface area contributed by atoms with Gasteiger partial charge in [-0.05, 0) is 36.1 Å². The molecule has 0 aliphatic carbocycles. The van der Waals surface area contributed by atoms with Crippen LogP contribution in [0, 0.1) is 12.7 Å². The lowest BCUT2D eigenvalue weighted by Gasteiger charge is -2.07. The SMILES string of the molecule is Cc1csc(C(=O)Nc2ccc(F)cc2N)c1Cl. The largest absolute Gasteiger partial charge is 0.397 e. The van der Waals surface area contributed by atoms with E-state index in [9.17, 15) is 9.18 Å². The van der Waals surface area contributed by atoms with Gasteiger partial charge in [0.15, 0.2) is 0 Å². The number of nitrogens with two attached hydrogens (primary N) is 1. The summed E-state index contributed by atoms with van der Waals surface area (Å²) < 4.78 is 12.9. The fourth-order valence-electron chi connectivity index (χ4n) is 1.41. The van der Waals surface area contributed by atoms with Crippen molar-refractivity contribution in [1.29, 1.82) is 0 Å². The van der Waals surface area contributed by atoms with Crippen LogP contribution in [0.5, 0.6) is 0 Å². The van der Waals surface area contributed by atoms with Crippen LogP contribution in [-0.2, 0) is 0 Å². The number of amides is 1. The molecule has 3 N–H and O–H groups in total. The fraction of sp³-hybridized carbons (Fsp3) is 0.0833. The third-order valence-electron chi connectivity index (χ3n) is 2.37. The Kier molecular flexibility index (Phi) is 3.54. The summed E-state index contributed by atoms with van der Waals surface area (Å²) in [7, 11) is 0. The first-order chi connectivity index (χ1) is 8.49. The molecule has 0 saturated heterocycles. The molecular formula is C12H10ClFN2OS. The Morgan fingerprint density at radius 2 is 2.22 bits per heavy atom. The van der Waals surface area contributed by atoms with Gasteiger partial charge in [-0.1, -0.05) is 11.6 Å². The molecule has 18 heavy (non-hydrogen) atoms. The summed E-state index contributed by atoms with van der Waals surface area (Å²) in [5, 5.41) is 4.83. The molecule has 0 bridgehead atoms. The van der Waals surface area contributed by atoms with Crippen LogP contribution in [-0.4, -0.2) is 5.91 Å². The summed E-state index contributed by atoms with van der Waals surface area (Å²) in [6, 6.07) is 3.79. The van der Waals surface area contributed by atoms with Crippen molar-refractivity contribution in [3.63, 3.8) is 0 Å². The van der Waals surface area contributed by atoms with Crippen molar-refractivity contribution in [3.05, 3.63) is 44.9 Å². The predicted molar refractivity (Wildman–Crippen MR) is 72.8 cm³/mol. The molecule has 0 spiro atoms. The number of carbonyl (C=O) groups excluding carboxylic acids is 1. The minimum atomic E-state index is -0.449. The smallest absolute Gasteiger partial charge is 0.267 e. The summed E-state index contributed by atoms with van der Waals surface area (Å²) in [5.74, 6) is -0.799. The molecular weight excluding hydrogens is 275 g/mol. The van der Waals surface area contributed by atoms with Crippen LogP contribution in [0.4, 0.5) is 15.8 Å². The van der Waals surface area contributed by atoms with Gasteiger partial charge in [0, 0.05) is 0 Å². The maximum absolute atomic E-state index is 12.9. The second-order valence-electron chi connectivity index (χ2n) is 3.75. The van der Waals surface area contributed by atoms with E-state index < -0.39 is 5.82 Å². The van der Waals surface area contributed by atoms with Crippen LogP contribution in [0.15, 0.2) is 23.6 Å². The van der Waals surface area contributed by atoms with Crippen LogP contribution in [0.1, 0.15) is 15.2 Å². The Bertz CT molecular complexity index is 612. The van der Waals surface area contributed by atoms with Gasteiger partial charge in [0.25, 0.3) is 5.91 Å². The summed E-state index contributed by atoms with van der Waals surface area (Å²) in [6.07, 6.45) is 0. The van der Waals surface area contributed by atoms with Crippen LogP contribution in [0.3, 0.4) is 0 Å². The minimum Gasteiger partial charge on any atom is -0.397 e. The highest BCUT2D eigenvalue weighted by atomic mass is 35.5. The molecule has 1 aromatic carbocycles. The van der Waals surface area contributed by atoms with Crippen LogP contribution >= 0.6 is 22.9 Å². The summed E-state index contributed by atoms with van der Waals surface area (Å²) in [6.45, 7) is 1.82. The average Bonchev–Trinajstić information content (AvgIpc) is 2.64. The minimum absolute atomic E-state index is 0.174. The Labute approximate surface area is 112 Å². The van der Waals surface area contributed by atoms with E-state index in [1.54, 1.807) is 5.38 Å². The molecule has 94 valence electrons. The van der Waals surface area contributed by atoms with E-state index >= 15 is 0 Å². The van der Waals surface area contributed by atoms with Gasteiger partial charge in [0.05, 0.1) is 16.4 Å². The molecule has 2 aromatic rings. The van der Waals surface area contributed by atoms with Crippen molar-refractivity contribution in [3.8, 4) is 0 Å². The number of nitrogens with one attached hydrogen (secondary N) is 1. The van der Waals surface area contributed by atoms with Crippen LogP contribution < -0.4 is 11.1 Å². The fourth-order valence-corrected chi connectivity index (χ4v) is 2.58. The van der Waals surface area contributed by atoms with Crippen molar-refractivity contribution in [2.24, 2.45) is 0 Å². The number of thiophene rings is 1. The zero-order valence-electron chi connectivity index (χ0n) is 9.46. The van der Waals surface area contributed by atoms with Crippen molar-refractivity contribution in [2.45, 2.75) is 6.92 Å². The number of hydrogen-bond donors (Lipinski definition) is 2. The standard InChI is InChI=1S/C12H10ClFN2OS/c1-6-5-18-11(10(6)13)12(17)16-9-3-2-7(14)4-8(9)15/h2-5H,15H2,1H3,(H,16,17). The number of nitrogen functional groups attached to an aromatic ring is 1. The zero-order valence-corrected chi connectivity index (χ0v) is 11.0. The van der Waals surface area contributed by atoms with Crippen molar-refractivity contribution in [1.82, 2.24) is 0 Å². The summed E-state index contributed by atoms with van der Waals surface area (Å²) in [5.41, 5.74) is 6.99. The van der Waals surface area contributed by atoms with Gasteiger partial charge in [0.1, 0.15) is 10.7 Å². The van der Waals surface area contributed by atoms with Gasteiger partial charge in [-0.15, -0.1) is 11.3 Å². The lowest BCUT2D eigenvalue weighted by Crippen LogP contribution is -2.12. The quantitative estimate of drug-likeness (QED) is 0.827. The van der Waals surface area contributed by atoms with Crippen LogP contribution in [0.25, 0.3) is 0 Å². The van der Waals surface area contributed by atoms with E-state index in [0.717, 1.165) is 11.6 Å². The van der Waals surface area contributed by atoms with E-state index in [-0.39, 0.29) is 11.6 Å². The number of anilines is 2. The lowest BCUT2D eigenvalue weighted by atomic mass is 10.2. The second-order valence-corrected chi connectivity index (χ2v) is 5.01. The highest BCUT2D eigenvalue weighted by Gasteiger charge is 2.15. The summed E-state index contributed by atoms with van der Waals surface area (Å²) >= 11 is 7.25. The van der Waals surface area contributed by atoms with Gasteiger partial charge < -0.3 is 11.1 Å². The first-order valence-electron chi connectivity index (χ1n) is 5.09. The predicted octanol–water partition coefficient (Wildman–Crippen LogP) is 3.68. The molecule has 0 fully saturated rings. The third kappa shape index (κ3) is 2.47. The van der Waals surface area contributed by atoms with E-state index in [1.165, 1.54) is 23.5 Å². The monoisotopic (exact) mass is 284 g/mol. The maximum atomic E-state index is 12.9. The van der Waals surface area contributed by atoms with E-state index in [2.05, 4.69) is 5.32 Å². The molecule has 0 aliphatic heterocycles. The van der Waals surface area contributed by atoms with E-state index in [4.69, 9.17) is 17.3 Å². The van der Waals surface area contributed by atoms with Gasteiger partial charge in [-0.3, -0.25) is 4.79 Å². The molecule has 1 aromatic heterocycles. The lowest BCUT2D eigenvalue weighted by molar-refractivity contribution is 0.103. The van der Waals surface area contributed by atoms with Crippen LogP contribution in [0.2, 0.25) is 5.02 Å². The van der Waals surface area contributed by atoms with Crippen molar-refractivity contribution < 1.29 is 9.18 Å². The number of halogens is 2. The number of hydrogen-bond acceptors (Lipinski definition) is 3. The average molecular weight is 285 g/mol.